The fourth-order valence-electron chi connectivity index (χ4n) is 3.16. The van der Waals surface area contributed by atoms with E-state index in [-0.39, 0.29) is 17.6 Å². The molecule has 3 N–H and O–H groups in total. The molecule has 1 aliphatic rings. The highest BCUT2D eigenvalue weighted by molar-refractivity contribution is 5.99. The summed E-state index contributed by atoms with van der Waals surface area (Å²) in [5, 5.41) is 29.8. The Kier molecular flexibility index (Phi) is 5.30. The zero-order valence-electron chi connectivity index (χ0n) is 18.1. The lowest BCUT2D eigenvalue weighted by atomic mass is 10.0. The number of hydrogen-bond acceptors (Lipinski definition) is 7. The Morgan fingerprint density at radius 2 is 2.09 bits per heavy atom. The number of anilines is 1. The Morgan fingerprint density at radius 3 is 2.75 bits per heavy atom. The van der Waals surface area contributed by atoms with Crippen LogP contribution in [0.15, 0.2) is 30.7 Å². The van der Waals surface area contributed by atoms with Crippen LogP contribution in [0.1, 0.15) is 49.5 Å². The summed E-state index contributed by atoms with van der Waals surface area (Å²) in [5.74, 6) is -0.0508. The molecule has 1 atom stereocenters. The molecule has 0 radical (unpaired) electrons. The van der Waals surface area contributed by atoms with Crippen molar-refractivity contribution in [3.63, 3.8) is 0 Å². The summed E-state index contributed by atoms with van der Waals surface area (Å²) in [4.78, 5) is 21.5. The molecule has 0 aromatic carbocycles. The van der Waals surface area contributed by atoms with Crippen molar-refractivity contribution in [3.8, 4) is 11.9 Å². The molecular formula is C22H24FN7O2. The molecule has 3 aromatic rings. The van der Waals surface area contributed by atoms with Crippen molar-refractivity contribution >= 4 is 22.6 Å². The number of carbonyl (C=O) groups is 1. The number of alkyl halides is 1. The van der Waals surface area contributed by atoms with Crippen LogP contribution in [-0.2, 0) is 0 Å². The van der Waals surface area contributed by atoms with Crippen LogP contribution in [0.2, 0.25) is 0 Å². The average Bonchev–Trinajstić information content (AvgIpc) is 3.32. The van der Waals surface area contributed by atoms with Gasteiger partial charge in [-0.3, -0.25) is 4.79 Å². The summed E-state index contributed by atoms with van der Waals surface area (Å²) in [5.41, 5.74) is 0.0815. The van der Waals surface area contributed by atoms with Gasteiger partial charge >= 0.3 is 0 Å². The van der Waals surface area contributed by atoms with E-state index < -0.39 is 17.7 Å². The molecule has 0 saturated heterocycles. The number of amides is 1. The SMILES string of the molecule is CC1(Nc2cc(-n3ncc4cc(C#N)cnc43)ncc2C(=O)NC[C@@H](F)C(C)(C)O)CC1. The normalized spacial score (nSPS) is 15.8. The third-order valence-corrected chi connectivity index (χ3v) is 5.53. The van der Waals surface area contributed by atoms with Gasteiger partial charge in [0.05, 0.1) is 35.2 Å². The van der Waals surface area contributed by atoms with Crippen LogP contribution in [0.5, 0.6) is 0 Å². The van der Waals surface area contributed by atoms with Gasteiger partial charge in [-0.25, -0.2) is 14.4 Å². The number of hydrogen-bond donors (Lipinski definition) is 3. The molecule has 10 heteroatoms. The van der Waals surface area contributed by atoms with E-state index in [9.17, 15) is 14.3 Å². The monoisotopic (exact) mass is 437 g/mol. The average molecular weight is 437 g/mol. The summed E-state index contributed by atoms with van der Waals surface area (Å²) in [7, 11) is 0. The molecule has 1 amide bonds. The molecule has 32 heavy (non-hydrogen) atoms. The maximum absolute atomic E-state index is 14.1. The van der Waals surface area contributed by atoms with E-state index in [1.807, 2.05) is 6.07 Å². The lowest BCUT2D eigenvalue weighted by molar-refractivity contribution is -0.00177. The van der Waals surface area contributed by atoms with Gasteiger partial charge in [0, 0.05) is 29.4 Å². The van der Waals surface area contributed by atoms with Crippen molar-refractivity contribution < 1.29 is 14.3 Å². The van der Waals surface area contributed by atoms with Crippen molar-refractivity contribution in [2.45, 2.75) is 50.9 Å². The molecule has 0 unspecified atom stereocenters. The Balaban J connectivity index is 1.66. The van der Waals surface area contributed by atoms with Crippen LogP contribution < -0.4 is 10.6 Å². The molecule has 0 spiro atoms. The van der Waals surface area contributed by atoms with Crippen LogP contribution in [-0.4, -0.2) is 54.6 Å². The first kappa shape index (κ1) is 21.6. The summed E-state index contributed by atoms with van der Waals surface area (Å²) in [6, 6.07) is 5.44. The first-order valence-corrected chi connectivity index (χ1v) is 10.3. The number of halogens is 1. The molecule has 9 nitrogen and oxygen atoms in total. The van der Waals surface area contributed by atoms with Gasteiger partial charge in [0.25, 0.3) is 5.91 Å². The zero-order valence-corrected chi connectivity index (χ0v) is 18.1. The molecule has 3 aromatic heterocycles. The highest BCUT2D eigenvalue weighted by Crippen LogP contribution is 2.39. The molecule has 4 rings (SSSR count). The number of aliphatic hydroxyl groups is 1. The van der Waals surface area contributed by atoms with Crippen molar-refractivity contribution in [3.05, 3.63) is 41.9 Å². The van der Waals surface area contributed by atoms with Gasteiger partial charge in [-0.2, -0.15) is 15.0 Å². The van der Waals surface area contributed by atoms with E-state index in [1.165, 1.54) is 30.9 Å². The van der Waals surface area contributed by atoms with Crippen LogP contribution >= 0.6 is 0 Å². The topological polar surface area (TPSA) is 129 Å². The van der Waals surface area contributed by atoms with Gasteiger partial charge in [0.15, 0.2) is 11.5 Å². The van der Waals surface area contributed by atoms with Gasteiger partial charge in [-0.05, 0) is 39.7 Å². The molecule has 166 valence electrons. The third kappa shape index (κ3) is 4.38. The molecular weight excluding hydrogens is 413 g/mol. The van der Waals surface area contributed by atoms with E-state index >= 15 is 0 Å². The summed E-state index contributed by atoms with van der Waals surface area (Å²) >= 11 is 0. The number of rotatable bonds is 7. The van der Waals surface area contributed by atoms with Gasteiger partial charge in [0.2, 0.25) is 0 Å². The van der Waals surface area contributed by atoms with Gasteiger partial charge in [-0.15, -0.1) is 0 Å². The van der Waals surface area contributed by atoms with Gasteiger partial charge in [-0.1, -0.05) is 0 Å². The Bertz CT molecular complexity index is 1220. The second kappa shape index (κ2) is 7.84. The number of nitrogens with zero attached hydrogens (tertiary/aromatic N) is 5. The maximum Gasteiger partial charge on any atom is 0.255 e. The van der Waals surface area contributed by atoms with Crippen molar-refractivity contribution in [1.82, 2.24) is 25.1 Å². The number of nitrogens with one attached hydrogen (secondary N) is 2. The predicted molar refractivity (Wildman–Crippen MR) is 116 cm³/mol. The van der Waals surface area contributed by atoms with E-state index in [0.29, 0.717) is 28.1 Å². The van der Waals surface area contributed by atoms with E-state index in [0.717, 1.165) is 12.8 Å². The first-order chi connectivity index (χ1) is 15.1. The highest BCUT2D eigenvalue weighted by Gasteiger charge is 2.38. The smallest absolute Gasteiger partial charge is 0.255 e. The number of pyridine rings is 2. The second-order valence-electron chi connectivity index (χ2n) is 8.91. The van der Waals surface area contributed by atoms with E-state index in [4.69, 9.17) is 5.26 Å². The third-order valence-electron chi connectivity index (χ3n) is 5.53. The summed E-state index contributed by atoms with van der Waals surface area (Å²) in [6.45, 7) is 4.43. The zero-order chi connectivity index (χ0) is 23.1. The predicted octanol–water partition coefficient (Wildman–Crippen LogP) is 2.49. The Morgan fingerprint density at radius 1 is 1.34 bits per heavy atom. The number of fused-ring (bicyclic) bond motifs is 1. The van der Waals surface area contributed by atoms with Crippen LogP contribution in [0, 0.1) is 11.3 Å². The minimum Gasteiger partial charge on any atom is -0.387 e. The Labute approximate surface area is 184 Å². The minimum absolute atomic E-state index is 0.129. The molecule has 1 fully saturated rings. The first-order valence-electron chi connectivity index (χ1n) is 10.3. The van der Waals surface area contributed by atoms with Crippen molar-refractivity contribution in [1.29, 1.82) is 5.26 Å². The molecule has 1 saturated carbocycles. The number of carbonyl (C=O) groups excluding carboxylic acids is 1. The maximum atomic E-state index is 14.1. The van der Waals surface area contributed by atoms with E-state index in [2.05, 4.69) is 32.6 Å². The van der Waals surface area contributed by atoms with Gasteiger partial charge in [0.1, 0.15) is 12.2 Å². The number of nitriles is 1. The van der Waals surface area contributed by atoms with E-state index in [1.54, 1.807) is 18.3 Å². The molecule has 3 heterocycles. The second-order valence-corrected chi connectivity index (χ2v) is 8.91. The lowest BCUT2D eigenvalue weighted by Crippen LogP contribution is -2.42. The largest absolute Gasteiger partial charge is 0.387 e. The van der Waals surface area contributed by atoms with Gasteiger partial charge < -0.3 is 15.7 Å². The van der Waals surface area contributed by atoms with Crippen LogP contribution in [0.25, 0.3) is 16.9 Å². The summed E-state index contributed by atoms with van der Waals surface area (Å²) < 4.78 is 15.6. The molecule has 0 aliphatic heterocycles. The molecule has 0 bridgehead atoms. The quantitative estimate of drug-likeness (QED) is 0.518. The summed E-state index contributed by atoms with van der Waals surface area (Å²) in [6.07, 6.45) is 4.77. The molecule has 1 aliphatic carbocycles. The van der Waals surface area contributed by atoms with Crippen LogP contribution in [0.4, 0.5) is 10.1 Å². The fourth-order valence-corrected chi connectivity index (χ4v) is 3.16. The highest BCUT2D eigenvalue weighted by atomic mass is 19.1. The van der Waals surface area contributed by atoms with Crippen molar-refractivity contribution in [2.24, 2.45) is 0 Å². The lowest BCUT2D eigenvalue weighted by Gasteiger charge is -2.23. The Hall–Kier alpha value is -3.58. The van der Waals surface area contributed by atoms with Crippen molar-refractivity contribution in [2.75, 3.05) is 11.9 Å². The van der Waals surface area contributed by atoms with Crippen LogP contribution in [0.3, 0.4) is 0 Å². The minimum atomic E-state index is -1.61. The standard InChI is InChI=1S/C22H24FN7O2/c1-21(2,32)17(23)12-27-20(31)15-11-25-18(7-16(15)29-22(3)4-5-22)30-19-14(10-28-30)6-13(8-24)9-26-19/h6-7,9-11,17,32H,4-5,12H2,1-3H3,(H,25,29)(H,27,31)/t17-/m1/s1. The number of aromatic nitrogens is 4. The fraction of sp³-hybridized carbons (Fsp3) is 0.409.